The summed E-state index contributed by atoms with van der Waals surface area (Å²) >= 11 is 0. The number of hydrogen-bond acceptors (Lipinski definition) is 3. The topological polar surface area (TPSA) is 60.7 Å². The Labute approximate surface area is 112 Å². The van der Waals surface area contributed by atoms with Crippen LogP contribution in [0.1, 0.15) is 72.6 Å². The van der Waals surface area contributed by atoms with Gasteiger partial charge in [-0.3, -0.25) is 0 Å². The summed E-state index contributed by atoms with van der Waals surface area (Å²) in [5, 5.41) is 28.7. The van der Waals surface area contributed by atoms with E-state index in [9.17, 15) is 10.2 Å². The normalized spacial score (nSPS) is 17.5. The first-order valence-electron chi connectivity index (χ1n) is 7.22. The van der Waals surface area contributed by atoms with Crippen LogP contribution in [0.4, 0.5) is 0 Å². The highest BCUT2D eigenvalue weighted by Gasteiger charge is 2.21. The zero-order valence-electron chi connectivity index (χ0n) is 12.6. The van der Waals surface area contributed by atoms with Gasteiger partial charge in [0.25, 0.3) is 0 Å². The highest BCUT2D eigenvalue weighted by atomic mass is 16.3. The van der Waals surface area contributed by atoms with Gasteiger partial charge in [-0.2, -0.15) is 0 Å². The molecule has 3 heteroatoms. The van der Waals surface area contributed by atoms with E-state index in [4.69, 9.17) is 5.11 Å². The van der Waals surface area contributed by atoms with Crippen molar-refractivity contribution >= 4 is 0 Å². The third-order valence-electron chi connectivity index (χ3n) is 3.54. The van der Waals surface area contributed by atoms with Crippen molar-refractivity contribution in [2.75, 3.05) is 6.61 Å². The molecule has 0 saturated carbocycles. The minimum atomic E-state index is -0.633. The molecule has 0 radical (unpaired) electrons. The lowest BCUT2D eigenvalue weighted by Crippen LogP contribution is -2.26. The minimum Gasteiger partial charge on any atom is -0.396 e. The second-order valence-corrected chi connectivity index (χ2v) is 6.67. The summed E-state index contributed by atoms with van der Waals surface area (Å²) in [6.07, 6.45) is 6.02. The van der Waals surface area contributed by atoms with Gasteiger partial charge in [-0.1, -0.05) is 19.8 Å². The van der Waals surface area contributed by atoms with Gasteiger partial charge in [-0.25, -0.2) is 0 Å². The molecule has 0 saturated heterocycles. The summed E-state index contributed by atoms with van der Waals surface area (Å²) in [4.78, 5) is 0. The van der Waals surface area contributed by atoms with Crippen LogP contribution in [0, 0.1) is 5.92 Å². The summed E-state index contributed by atoms with van der Waals surface area (Å²) < 4.78 is 0. The van der Waals surface area contributed by atoms with Crippen LogP contribution in [-0.2, 0) is 0 Å². The number of aliphatic hydroxyl groups excluding tert-OH is 1. The van der Waals surface area contributed by atoms with Gasteiger partial charge in [-0.05, 0) is 58.8 Å². The highest BCUT2D eigenvalue weighted by Crippen LogP contribution is 2.24. The van der Waals surface area contributed by atoms with Crippen LogP contribution in [0.2, 0.25) is 0 Å². The fourth-order valence-corrected chi connectivity index (χ4v) is 2.22. The molecule has 0 fully saturated rings. The molecule has 0 aromatic carbocycles. The van der Waals surface area contributed by atoms with Crippen molar-refractivity contribution in [2.45, 2.75) is 83.8 Å². The Balaban J connectivity index is 3.73. The van der Waals surface area contributed by atoms with Crippen molar-refractivity contribution in [3.05, 3.63) is 0 Å². The Kier molecular flexibility index (Phi) is 8.08. The number of aliphatic hydroxyl groups is 3. The van der Waals surface area contributed by atoms with E-state index in [1.807, 2.05) is 6.92 Å². The molecular weight excluding hydrogens is 228 g/mol. The summed E-state index contributed by atoms with van der Waals surface area (Å²) in [5.41, 5.74) is -1.25. The molecule has 0 aromatic heterocycles. The van der Waals surface area contributed by atoms with Crippen molar-refractivity contribution in [1.29, 1.82) is 0 Å². The van der Waals surface area contributed by atoms with Gasteiger partial charge in [0.2, 0.25) is 0 Å². The van der Waals surface area contributed by atoms with Gasteiger partial charge >= 0.3 is 0 Å². The predicted molar refractivity (Wildman–Crippen MR) is 75.5 cm³/mol. The first-order chi connectivity index (χ1) is 8.16. The Morgan fingerprint density at radius 3 is 1.94 bits per heavy atom. The molecule has 0 bridgehead atoms. The van der Waals surface area contributed by atoms with Gasteiger partial charge < -0.3 is 15.3 Å². The van der Waals surface area contributed by atoms with E-state index in [1.54, 1.807) is 13.8 Å². The SMILES string of the molecule is CC(CCO)CCCC(C)(O)CCCC(C)(C)O. The van der Waals surface area contributed by atoms with Crippen molar-refractivity contribution < 1.29 is 15.3 Å². The first kappa shape index (κ1) is 17.9. The maximum Gasteiger partial charge on any atom is 0.0619 e. The van der Waals surface area contributed by atoms with Crippen LogP contribution >= 0.6 is 0 Å². The van der Waals surface area contributed by atoms with Gasteiger partial charge in [0.1, 0.15) is 0 Å². The molecule has 110 valence electrons. The lowest BCUT2D eigenvalue weighted by Gasteiger charge is -2.25. The standard InChI is InChI=1S/C15H32O3/c1-13(8-12-16)7-5-10-15(4,18)11-6-9-14(2,3)17/h13,16-18H,5-12H2,1-4H3. The smallest absolute Gasteiger partial charge is 0.0619 e. The molecular formula is C15H32O3. The van der Waals surface area contributed by atoms with Crippen molar-refractivity contribution in [3.8, 4) is 0 Å². The number of hydrogen-bond donors (Lipinski definition) is 3. The van der Waals surface area contributed by atoms with E-state index in [1.165, 1.54) is 0 Å². The van der Waals surface area contributed by atoms with Gasteiger partial charge in [0.15, 0.2) is 0 Å². The van der Waals surface area contributed by atoms with Crippen LogP contribution in [0.25, 0.3) is 0 Å². The second kappa shape index (κ2) is 8.13. The molecule has 3 nitrogen and oxygen atoms in total. The molecule has 0 aliphatic rings. The fourth-order valence-electron chi connectivity index (χ4n) is 2.22. The number of rotatable bonds is 10. The molecule has 0 amide bonds. The molecule has 2 atom stereocenters. The van der Waals surface area contributed by atoms with E-state index in [-0.39, 0.29) is 6.61 Å². The van der Waals surface area contributed by atoms with Gasteiger partial charge in [0.05, 0.1) is 11.2 Å². The molecule has 0 aliphatic heterocycles. The second-order valence-electron chi connectivity index (χ2n) is 6.67. The average molecular weight is 260 g/mol. The zero-order valence-corrected chi connectivity index (χ0v) is 12.6. The van der Waals surface area contributed by atoms with E-state index < -0.39 is 11.2 Å². The maximum absolute atomic E-state index is 10.2. The minimum absolute atomic E-state index is 0.253. The van der Waals surface area contributed by atoms with E-state index >= 15 is 0 Å². The molecule has 0 spiro atoms. The molecule has 0 rings (SSSR count). The Morgan fingerprint density at radius 1 is 0.889 bits per heavy atom. The van der Waals surface area contributed by atoms with E-state index in [2.05, 4.69) is 6.92 Å². The van der Waals surface area contributed by atoms with Crippen molar-refractivity contribution in [3.63, 3.8) is 0 Å². The largest absolute Gasteiger partial charge is 0.396 e. The van der Waals surface area contributed by atoms with Crippen LogP contribution in [0.5, 0.6) is 0 Å². The van der Waals surface area contributed by atoms with Gasteiger partial charge in [-0.15, -0.1) is 0 Å². The summed E-state index contributed by atoms with van der Waals surface area (Å²) in [7, 11) is 0. The lowest BCUT2D eigenvalue weighted by molar-refractivity contribution is 0.0214. The fraction of sp³-hybridized carbons (Fsp3) is 1.00. The molecule has 0 heterocycles. The molecule has 3 N–H and O–H groups in total. The van der Waals surface area contributed by atoms with Crippen LogP contribution < -0.4 is 0 Å². The van der Waals surface area contributed by atoms with Crippen LogP contribution in [-0.4, -0.2) is 33.1 Å². The van der Waals surface area contributed by atoms with Crippen LogP contribution in [0.3, 0.4) is 0 Å². The first-order valence-corrected chi connectivity index (χ1v) is 7.22. The molecule has 18 heavy (non-hydrogen) atoms. The summed E-state index contributed by atoms with van der Waals surface area (Å²) in [6, 6.07) is 0. The van der Waals surface area contributed by atoms with E-state index in [0.717, 1.165) is 44.9 Å². The van der Waals surface area contributed by atoms with Crippen molar-refractivity contribution in [1.82, 2.24) is 0 Å². The van der Waals surface area contributed by atoms with Crippen LogP contribution in [0.15, 0.2) is 0 Å². The third kappa shape index (κ3) is 11.0. The van der Waals surface area contributed by atoms with Crippen molar-refractivity contribution in [2.24, 2.45) is 5.92 Å². The van der Waals surface area contributed by atoms with E-state index in [0.29, 0.717) is 5.92 Å². The Bertz CT molecular complexity index is 206. The quantitative estimate of drug-likeness (QED) is 0.566. The Morgan fingerprint density at radius 2 is 1.44 bits per heavy atom. The molecule has 0 aliphatic carbocycles. The lowest BCUT2D eigenvalue weighted by atomic mass is 9.88. The monoisotopic (exact) mass is 260 g/mol. The average Bonchev–Trinajstić information content (AvgIpc) is 2.14. The molecule has 0 aromatic rings. The summed E-state index contributed by atoms with van der Waals surface area (Å²) in [6.45, 7) is 7.88. The molecule has 2 unspecified atom stereocenters. The Hall–Kier alpha value is -0.120. The maximum atomic E-state index is 10.2. The zero-order chi connectivity index (χ0) is 14.2. The third-order valence-corrected chi connectivity index (χ3v) is 3.54. The summed E-state index contributed by atoms with van der Waals surface area (Å²) in [5.74, 6) is 0.530. The highest BCUT2D eigenvalue weighted by molar-refractivity contribution is 4.75. The van der Waals surface area contributed by atoms with Gasteiger partial charge in [0, 0.05) is 6.61 Å². The predicted octanol–water partition coefficient (Wildman–Crippen LogP) is 2.87.